The van der Waals surface area contributed by atoms with E-state index in [-0.39, 0.29) is 5.41 Å². The van der Waals surface area contributed by atoms with E-state index in [1.807, 2.05) is 19.3 Å². The minimum atomic E-state index is 0.0792. The van der Waals surface area contributed by atoms with E-state index in [9.17, 15) is 0 Å². The molecule has 0 bridgehead atoms. The molecule has 2 aromatic rings. The van der Waals surface area contributed by atoms with Gasteiger partial charge < -0.3 is 5.73 Å². The van der Waals surface area contributed by atoms with Crippen molar-refractivity contribution >= 4 is 11.3 Å². The number of anilines is 1. The van der Waals surface area contributed by atoms with Crippen LogP contribution in [0.15, 0.2) is 12.4 Å². The van der Waals surface area contributed by atoms with Gasteiger partial charge in [-0.15, -0.1) is 0 Å². The quantitative estimate of drug-likeness (QED) is 0.713. The molecule has 15 heavy (non-hydrogen) atoms. The summed E-state index contributed by atoms with van der Waals surface area (Å²) in [5, 5.41) is 4.32. The van der Waals surface area contributed by atoms with Crippen LogP contribution in [0.4, 0.5) is 5.69 Å². The molecule has 80 valence electrons. The van der Waals surface area contributed by atoms with E-state index in [2.05, 4.69) is 30.9 Å². The Kier molecular flexibility index (Phi) is 1.96. The number of hydrogen-bond donors (Lipinski definition) is 1. The van der Waals surface area contributed by atoms with Crippen LogP contribution in [-0.4, -0.2) is 14.6 Å². The molecule has 2 aromatic heterocycles. The normalized spacial score (nSPS) is 12.3. The molecule has 0 saturated heterocycles. The molecule has 4 nitrogen and oxygen atoms in total. The van der Waals surface area contributed by atoms with Gasteiger partial charge in [-0.1, -0.05) is 20.8 Å². The van der Waals surface area contributed by atoms with Gasteiger partial charge in [-0.3, -0.25) is 0 Å². The Morgan fingerprint density at radius 1 is 1.33 bits per heavy atom. The van der Waals surface area contributed by atoms with Crippen LogP contribution in [0.2, 0.25) is 0 Å². The first-order chi connectivity index (χ1) is 6.89. The lowest BCUT2D eigenvalue weighted by atomic mass is 9.89. The standard InChI is InChI=1S/C11H16N4/c1-7-9(12)10-13-5-8(11(2,3)4)6-15(10)14-7/h5-6H,12H2,1-4H3. The van der Waals surface area contributed by atoms with Crippen molar-refractivity contribution in [2.24, 2.45) is 0 Å². The highest BCUT2D eigenvalue weighted by molar-refractivity contribution is 5.66. The van der Waals surface area contributed by atoms with Crippen LogP contribution < -0.4 is 5.73 Å². The van der Waals surface area contributed by atoms with Gasteiger partial charge in [0.05, 0.1) is 5.69 Å². The summed E-state index contributed by atoms with van der Waals surface area (Å²) in [6.45, 7) is 8.33. The summed E-state index contributed by atoms with van der Waals surface area (Å²) < 4.78 is 1.76. The van der Waals surface area contributed by atoms with Crippen molar-refractivity contribution in [2.75, 3.05) is 5.73 Å². The summed E-state index contributed by atoms with van der Waals surface area (Å²) >= 11 is 0. The first kappa shape index (κ1) is 9.96. The summed E-state index contributed by atoms with van der Waals surface area (Å²) in [7, 11) is 0. The van der Waals surface area contributed by atoms with Crippen molar-refractivity contribution in [1.82, 2.24) is 14.6 Å². The van der Waals surface area contributed by atoms with Gasteiger partial charge in [-0.05, 0) is 17.9 Å². The van der Waals surface area contributed by atoms with Crippen LogP contribution in [0.25, 0.3) is 5.65 Å². The van der Waals surface area contributed by atoms with Crippen LogP contribution in [-0.2, 0) is 5.41 Å². The van der Waals surface area contributed by atoms with Crippen molar-refractivity contribution in [3.63, 3.8) is 0 Å². The molecule has 2 heterocycles. The fraction of sp³-hybridized carbons (Fsp3) is 0.455. The second-order valence-corrected chi connectivity index (χ2v) is 4.86. The Morgan fingerprint density at radius 3 is 2.60 bits per heavy atom. The lowest BCUT2D eigenvalue weighted by molar-refractivity contribution is 0.581. The molecule has 0 aliphatic carbocycles. The monoisotopic (exact) mass is 204 g/mol. The third kappa shape index (κ3) is 1.56. The zero-order valence-electron chi connectivity index (χ0n) is 9.57. The third-order valence-corrected chi connectivity index (χ3v) is 2.56. The summed E-state index contributed by atoms with van der Waals surface area (Å²) in [6.07, 6.45) is 3.86. The fourth-order valence-corrected chi connectivity index (χ4v) is 1.45. The number of nitrogens with two attached hydrogens (primary N) is 1. The van der Waals surface area contributed by atoms with E-state index in [1.165, 1.54) is 0 Å². The van der Waals surface area contributed by atoms with E-state index in [1.54, 1.807) is 4.52 Å². The number of hydrogen-bond acceptors (Lipinski definition) is 3. The van der Waals surface area contributed by atoms with E-state index >= 15 is 0 Å². The van der Waals surface area contributed by atoms with Crippen molar-refractivity contribution in [2.45, 2.75) is 33.1 Å². The molecular formula is C11H16N4. The first-order valence-corrected chi connectivity index (χ1v) is 5.00. The molecule has 2 rings (SSSR count). The van der Waals surface area contributed by atoms with Gasteiger partial charge in [0.1, 0.15) is 5.69 Å². The topological polar surface area (TPSA) is 56.2 Å². The van der Waals surface area contributed by atoms with Crippen LogP contribution in [0.3, 0.4) is 0 Å². The van der Waals surface area contributed by atoms with Gasteiger partial charge >= 0.3 is 0 Å². The third-order valence-electron chi connectivity index (χ3n) is 2.56. The van der Waals surface area contributed by atoms with E-state index < -0.39 is 0 Å². The molecule has 4 heteroatoms. The smallest absolute Gasteiger partial charge is 0.178 e. The molecule has 0 spiro atoms. The minimum absolute atomic E-state index is 0.0792. The van der Waals surface area contributed by atoms with E-state index in [4.69, 9.17) is 5.73 Å². The van der Waals surface area contributed by atoms with Crippen LogP contribution in [0.1, 0.15) is 32.0 Å². The van der Waals surface area contributed by atoms with Gasteiger partial charge in [0.2, 0.25) is 0 Å². The molecule has 0 amide bonds. The molecule has 0 radical (unpaired) electrons. The highest BCUT2D eigenvalue weighted by Crippen LogP contribution is 2.23. The highest BCUT2D eigenvalue weighted by atomic mass is 15.3. The predicted octanol–water partition coefficient (Wildman–Crippen LogP) is 1.92. The number of fused-ring (bicyclic) bond motifs is 1. The average molecular weight is 204 g/mol. The van der Waals surface area contributed by atoms with Crippen molar-refractivity contribution in [1.29, 1.82) is 0 Å². The van der Waals surface area contributed by atoms with Gasteiger partial charge in [-0.25, -0.2) is 9.50 Å². The summed E-state index contributed by atoms with van der Waals surface area (Å²) in [5.74, 6) is 0. The molecule has 0 aliphatic rings. The highest BCUT2D eigenvalue weighted by Gasteiger charge is 2.16. The van der Waals surface area contributed by atoms with Gasteiger partial charge in [-0.2, -0.15) is 5.10 Å². The molecule has 0 fully saturated rings. The van der Waals surface area contributed by atoms with Crippen molar-refractivity contribution in [3.05, 3.63) is 23.7 Å². The maximum Gasteiger partial charge on any atom is 0.178 e. The molecule has 0 atom stereocenters. The van der Waals surface area contributed by atoms with Gasteiger partial charge in [0, 0.05) is 12.4 Å². The van der Waals surface area contributed by atoms with Crippen LogP contribution in [0.5, 0.6) is 0 Å². The zero-order chi connectivity index (χ0) is 11.2. The second kappa shape index (κ2) is 2.95. The SMILES string of the molecule is Cc1nn2cc(C(C)(C)C)cnc2c1N. The molecule has 0 aromatic carbocycles. The Bertz CT molecular complexity index is 505. The number of nitrogen functional groups attached to an aromatic ring is 1. The maximum absolute atomic E-state index is 5.85. The van der Waals surface area contributed by atoms with Gasteiger partial charge in [0.25, 0.3) is 0 Å². The predicted molar refractivity (Wildman–Crippen MR) is 60.8 cm³/mol. The number of aryl methyl sites for hydroxylation is 1. The van der Waals surface area contributed by atoms with Crippen molar-refractivity contribution < 1.29 is 0 Å². The first-order valence-electron chi connectivity index (χ1n) is 5.00. The fourth-order valence-electron chi connectivity index (χ4n) is 1.45. The Balaban J connectivity index is 2.67. The molecule has 0 saturated carbocycles. The second-order valence-electron chi connectivity index (χ2n) is 4.86. The Morgan fingerprint density at radius 2 is 2.00 bits per heavy atom. The average Bonchev–Trinajstić information content (AvgIpc) is 2.41. The zero-order valence-corrected chi connectivity index (χ0v) is 9.57. The maximum atomic E-state index is 5.85. The van der Waals surface area contributed by atoms with Crippen molar-refractivity contribution in [3.8, 4) is 0 Å². The Labute approximate surface area is 89.1 Å². The molecule has 0 unspecified atom stereocenters. The van der Waals surface area contributed by atoms with Gasteiger partial charge in [0.15, 0.2) is 5.65 Å². The lowest BCUT2D eigenvalue weighted by Crippen LogP contribution is -2.13. The summed E-state index contributed by atoms with van der Waals surface area (Å²) in [5.41, 5.74) is 9.31. The Hall–Kier alpha value is -1.58. The summed E-state index contributed by atoms with van der Waals surface area (Å²) in [6, 6.07) is 0. The van der Waals surface area contributed by atoms with E-state index in [0.717, 1.165) is 16.9 Å². The van der Waals surface area contributed by atoms with Crippen LogP contribution in [0, 0.1) is 6.92 Å². The molecule has 0 aliphatic heterocycles. The number of aromatic nitrogens is 3. The van der Waals surface area contributed by atoms with Crippen LogP contribution >= 0.6 is 0 Å². The summed E-state index contributed by atoms with van der Waals surface area (Å²) in [4.78, 5) is 4.34. The lowest BCUT2D eigenvalue weighted by Gasteiger charge is -2.17. The molecular weight excluding hydrogens is 188 g/mol. The minimum Gasteiger partial charge on any atom is -0.394 e. The number of rotatable bonds is 0. The number of nitrogens with zero attached hydrogens (tertiary/aromatic N) is 3. The molecule has 2 N–H and O–H groups in total. The largest absolute Gasteiger partial charge is 0.394 e. The van der Waals surface area contributed by atoms with E-state index in [0.29, 0.717) is 5.69 Å².